The molecule has 0 rings (SSSR count). The van der Waals surface area contributed by atoms with Crippen molar-refractivity contribution in [2.45, 2.75) is 39.5 Å². The molecule has 2 unspecified atom stereocenters. The molecule has 0 saturated heterocycles. The largest absolute Gasteiger partial charge is 0.120 e. The van der Waals surface area contributed by atoms with E-state index >= 15 is 0 Å². The average molecular weight is 164 g/mol. The lowest BCUT2D eigenvalue weighted by Gasteiger charge is -2.14. The normalized spacial score (nSPS) is 14.8. The molecular formula is C12H20. The van der Waals surface area contributed by atoms with Crippen LogP contribution >= 0.6 is 0 Å². The molecule has 0 heterocycles. The van der Waals surface area contributed by atoms with E-state index in [-0.39, 0.29) is 0 Å². The van der Waals surface area contributed by atoms with Crippen LogP contribution in [0.3, 0.4) is 0 Å². The molecule has 0 aliphatic carbocycles. The fourth-order valence-corrected chi connectivity index (χ4v) is 1.49. The second kappa shape index (κ2) is 6.98. The average Bonchev–Trinajstić information content (AvgIpc) is 2.01. The van der Waals surface area contributed by atoms with E-state index in [1.165, 1.54) is 12.8 Å². The van der Waals surface area contributed by atoms with Crippen molar-refractivity contribution in [1.29, 1.82) is 0 Å². The molecule has 0 heteroatoms. The molecule has 0 radical (unpaired) electrons. The van der Waals surface area contributed by atoms with Gasteiger partial charge in [-0.15, -0.1) is 18.9 Å². The van der Waals surface area contributed by atoms with Crippen LogP contribution in [0, 0.1) is 24.2 Å². The smallest absolute Gasteiger partial charge is 0.0112 e. The summed E-state index contributed by atoms with van der Waals surface area (Å²) in [6.07, 6.45) is 11.8. The predicted molar refractivity (Wildman–Crippen MR) is 55.8 cm³/mol. The third-order valence-electron chi connectivity index (χ3n) is 2.13. The van der Waals surface area contributed by atoms with Crippen LogP contribution in [0.4, 0.5) is 0 Å². The Kier molecular flexibility index (Phi) is 6.57. The Labute approximate surface area is 77.1 Å². The summed E-state index contributed by atoms with van der Waals surface area (Å²) in [7, 11) is 0. The van der Waals surface area contributed by atoms with Crippen LogP contribution in [0.1, 0.15) is 39.5 Å². The highest BCUT2D eigenvalue weighted by atomic mass is 14.1. The van der Waals surface area contributed by atoms with Crippen LogP contribution in [0.2, 0.25) is 0 Å². The molecule has 0 N–H and O–H groups in total. The van der Waals surface area contributed by atoms with Gasteiger partial charge < -0.3 is 0 Å². The van der Waals surface area contributed by atoms with Gasteiger partial charge in [0.05, 0.1) is 0 Å². The Morgan fingerprint density at radius 1 is 1.42 bits per heavy atom. The number of hydrogen-bond donors (Lipinski definition) is 0. The van der Waals surface area contributed by atoms with Crippen LogP contribution < -0.4 is 0 Å². The van der Waals surface area contributed by atoms with Crippen molar-refractivity contribution in [1.82, 2.24) is 0 Å². The molecule has 2 atom stereocenters. The molecule has 0 fully saturated rings. The number of allylic oxidation sites excluding steroid dienone is 1. The maximum absolute atomic E-state index is 5.24. The van der Waals surface area contributed by atoms with Gasteiger partial charge in [0, 0.05) is 6.42 Å². The fraction of sp³-hybridized carbons (Fsp3) is 0.667. The Hall–Kier alpha value is -0.700. The van der Waals surface area contributed by atoms with Crippen molar-refractivity contribution >= 4 is 0 Å². The van der Waals surface area contributed by atoms with E-state index in [2.05, 4.69) is 26.3 Å². The molecular weight excluding hydrogens is 144 g/mol. The first-order valence-electron chi connectivity index (χ1n) is 4.75. The zero-order valence-corrected chi connectivity index (χ0v) is 8.34. The molecule has 0 aliphatic heterocycles. The van der Waals surface area contributed by atoms with Crippen molar-refractivity contribution < 1.29 is 0 Å². The maximum Gasteiger partial charge on any atom is 0.0112 e. The Balaban J connectivity index is 3.47. The van der Waals surface area contributed by atoms with Crippen LogP contribution in [0.5, 0.6) is 0 Å². The summed E-state index contributed by atoms with van der Waals surface area (Å²) in [5.41, 5.74) is 0. The lowest BCUT2D eigenvalue weighted by atomic mass is 9.92. The van der Waals surface area contributed by atoms with Gasteiger partial charge in [0.2, 0.25) is 0 Å². The van der Waals surface area contributed by atoms with Gasteiger partial charge >= 0.3 is 0 Å². The molecule has 0 aliphatic rings. The second-order valence-corrected chi connectivity index (χ2v) is 3.72. The molecule has 12 heavy (non-hydrogen) atoms. The van der Waals surface area contributed by atoms with Crippen LogP contribution in [-0.2, 0) is 0 Å². The van der Waals surface area contributed by atoms with Gasteiger partial charge in [0.25, 0.3) is 0 Å². The Morgan fingerprint density at radius 3 is 2.58 bits per heavy atom. The summed E-state index contributed by atoms with van der Waals surface area (Å²) in [6, 6.07) is 0. The van der Waals surface area contributed by atoms with E-state index in [0.29, 0.717) is 5.92 Å². The van der Waals surface area contributed by atoms with Crippen LogP contribution in [-0.4, -0.2) is 0 Å². The first-order chi connectivity index (χ1) is 5.70. The molecule has 0 amide bonds. The maximum atomic E-state index is 5.24. The Morgan fingerprint density at radius 2 is 2.08 bits per heavy atom. The SMILES string of the molecule is C#CCC(C)CC(C)CCC=C. The van der Waals surface area contributed by atoms with Gasteiger partial charge in [0.15, 0.2) is 0 Å². The number of terminal acetylenes is 1. The van der Waals surface area contributed by atoms with Crippen LogP contribution in [0.15, 0.2) is 12.7 Å². The van der Waals surface area contributed by atoms with Gasteiger partial charge in [-0.25, -0.2) is 0 Å². The first kappa shape index (κ1) is 11.3. The highest BCUT2D eigenvalue weighted by Crippen LogP contribution is 2.18. The highest BCUT2D eigenvalue weighted by Gasteiger charge is 2.06. The zero-order chi connectivity index (χ0) is 9.40. The van der Waals surface area contributed by atoms with E-state index < -0.39 is 0 Å². The summed E-state index contributed by atoms with van der Waals surface area (Å²) in [6.45, 7) is 8.23. The molecule has 68 valence electrons. The van der Waals surface area contributed by atoms with Crippen molar-refractivity contribution in [3.8, 4) is 12.3 Å². The van der Waals surface area contributed by atoms with Gasteiger partial charge in [0.1, 0.15) is 0 Å². The first-order valence-corrected chi connectivity index (χ1v) is 4.75. The van der Waals surface area contributed by atoms with E-state index in [4.69, 9.17) is 6.42 Å². The standard InChI is InChI=1S/C12H20/c1-5-7-9-12(4)10-11(3)8-6-2/h2,5,11-12H,1,7-10H2,3-4H3. The lowest BCUT2D eigenvalue weighted by Crippen LogP contribution is -2.02. The molecule has 0 bridgehead atoms. The summed E-state index contributed by atoms with van der Waals surface area (Å²) >= 11 is 0. The third kappa shape index (κ3) is 6.04. The summed E-state index contributed by atoms with van der Waals surface area (Å²) in [5.74, 6) is 4.17. The van der Waals surface area contributed by atoms with Crippen molar-refractivity contribution in [3.63, 3.8) is 0 Å². The van der Waals surface area contributed by atoms with E-state index in [1.54, 1.807) is 0 Å². The minimum atomic E-state index is 0.676. The summed E-state index contributed by atoms with van der Waals surface area (Å²) in [4.78, 5) is 0. The third-order valence-corrected chi connectivity index (χ3v) is 2.13. The molecule has 0 nitrogen and oxygen atoms in total. The highest BCUT2D eigenvalue weighted by molar-refractivity contribution is 4.86. The minimum Gasteiger partial charge on any atom is -0.120 e. The zero-order valence-electron chi connectivity index (χ0n) is 8.34. The van der Waals surface area contributed by atoms with Gasteiger partial charge in [-0.05, 0) is 31.1 Å². The van der Waals surface area contributed by atoms with Gasteiger partial charge in [-0.1, -0.05) is 19.9 Å². The van der Waals surface area contributed by atoms with Gasteiger partial charge in [-0.2, -0.15) is 0 Å². The van der Waals surface area contributed by atoms with Crippen molar-refractivity contribution in [3.05, 3.63) is 12.7 Å². The fourth-order valence-electron chi connectivity index (χ4n) is 1.49. The van der Waals surface area contributed by atoms with E-state index in [9.17, 15) is 0 Å². The monoisotopic (exact) mass is 164 g/mol. The van der Waals surface area contributed by atoms with E-state index in [0.717, 1.165) is 18.8 Å². The topological polar surface area (TPSA) is 0 Å². The predicted octanol–water partition coefficient (Wildman–Crippen LogP) is 3.64. The molecule has 0 aromatic heterocycles. The molecule has 0 aromatic carbocycles. The van der Waals surface area contributed by atoms with Crippen molar-refractivity contribution in [2.75, 3.05) is 0 Å². The quantitative estimate of drug-likeness (QED) is 0.415. The Bertz CT molecular complexity index is 150. The summed E-state index contributed by atoms with van der Waals surface area (Å²) < 4.78 is 0. The van der Waals surface area contributed by atoms with Crippen LogP contribution in [0.25, 0.3) is 0 Å². The summed E-state index contributed by atoms with van der Waals surface area (Å²) in [5, 5.41) is 0. The molecule has 0 saturated carbocycles. The molecule has 0 spiro atoms. The minimum absolute atomic E-state index is 0.676. The lowest BCUT2D eigenvalue weighted by molar-refractivity contribution is 0.402. The number of rotatable bonds is 6. The number of hydrogen-bond acceptors (Lipinski definition) is 0. The van der Waals surface area contributed by atoms with E-state index in [1.807, 2.05) is 6.08 Å². The second-order valence-electron chi connectivity index (χ2n) is 3.72. The van der Waals surface area contributed by atoms with Crippen molar-refractivity contribution in [2.24, 2.45) is 11.8 Å². The molecule has 0 aromatic rings. The van der Waals surface area contributed by atoms with Gasteiger partial charge in [-0.3, -0.25) is 0 Å².